The molecular weight excluding hydrogens is 560 g/mol. The summed E-state index contributed by atoms with van der Waals surface area (Å²) in [6.07, 6.45) is 7.01. The molecule has 2 aromatic carbocycles. The molecule has 0 aliphatic carbocycles. The number of aromatic nitrogens is 1. The van der Waals surface area contributed by atoms with Gasteiger partial charge in [0.05, 0.1) is 42.2 Å². The van der Waals surface area contributed by atoms with Crippen LogP contribution in [0.2, 0.25) is 0 Å². The Balaban J connectivity index is 1.84. The van der Waals surface area contributed by atoms with Crippen LogP contribution in [0.5, 0.6) is 17.2 Å². The molecule has 0 spiro atoms. The maximum absolute atomic E-state index is 13.9. The van der Waals surface area contributed by atoms with Crippen molar-refractivity contribution >= 4 is 29.4 Å². The largest absolute Gasteiger partial charge is 0.490 e. The van der Waals surface area contributed by atoms with Crippen LogP contribution in [0.1, 0.15) is 37.9 Å². The molecule has 0 radical (unpaired) electrons. The molecule has 0 N–H and O–H groups in total. The van der Waals surface area contributed by atoms with Crippen LogP contribution >= 0.6 is 11.3 Å². The molecule has 4 rings (SSSR count). The van der Waals surface area contributed by atoms with Crippen molar-refractivity contribution in [3.05, 3.63) is 84.5 Å². The Hall–Kier alpha value is -4.82. The minimum atomic E-state index is -0.851. The Kier molecular flexibility index (Phi) is 9.83. The number of ether oxygens (including phenoxy) is 5. The molecule has 2 heterocycles. The molecule has 1 atom stereocenters. The second-order valence-electron chi connectivity index (χ2n) is 8.87. The standard InChI is InChI=1S/C31H30N2O8S/c1-6-15-40-22-12-9-20(10-13-22)16-25-29(35)33-28(27(30(36)39-8-3)19(4)32-31(33)42-25)21-11-14-23(24(17-21)38-7-2)41-18-26(34)37-5/h1,9-14,16-17,28H,7-8,15,18H2,2-5H3/b25-16-/t28-/m0/s1. The molecular formula is C31H30N2O8S. The van der Waals surface area contributed by atoms with E-state index in [1.54, 1.807) is 50.3 Å². The lowest BCUT2D eigenvalue weighted by Crippen LogP contribution is -2.40. The van der Waals surface area contributed by atoms with Gasteiger partial charge in [-0.05, 0) is 62.2 Å². The fourth-order valence-corrected chi connectivity index (χ4v) is 5.37. The molecule has 0 fully saturated rings. The molecule has 11 heteroatoms. The predicted octanol–water partition coefficient (Wildman–Crippen LogP) is 2.76. The molecule has 1 aromatic heterocycles. The summed E-state index contributed by atoms with van der Waals surface area (Å²) >= 11 is 1.21. The number of esters is 2. The first kappa shape index (κ1) is 30.1. The van der Waals surface area contributed by atoms with Gasteiger partial charge in [-0.1, -0.05) is 35.5 Å². The van der Waals surface area contributed by atoms with Gasteiger partial charge in [-0.15, -0.1) is 6.42 Å². The summed E-state index contributed by atoms with van der Waals surface area (Å²) in [7, 11) is 1.27. The van der Waals surface area contributed by atoms with E-state index in [1.165, 1.54) is 23.0 Å². The van der Waals surface area contributed by atoms with Gasteiger partial charge >= 0.3 is 11.9 Å². The van der Waals surface area contributed by atoms with Gasteiger partial charge in [0.25, 0.3) is 5.56 Å². The molecule has 0 amide bonds. The Labute approximate surface area is 246 Å². The van der Waals surface area contributed by atoms with Crippen LogP contribution in [0.15, 0.2) is 63.5 Å². The van der Waals surface area contributed by atoms with Gasteiger partial charge in [-0.25, -0.2) is 14.6 Å². The van der Waals surface area contributed by atoms with E-state index < -0.39 is 18.0 Å². The first-order chi connectivity index (χ1) is 20.3. The van der Waals surface area contributed by atoms with Crippen LogP contribution < -0.4 is 29.1 Å². The van der Waals surface area contributed by atoms with Crippen LogP contribution in [-0.4, -0.2) is 50.0 Å². The van der Waals surface area contributed by atoms with Gasteiger partial charge in [-0.3, -0.25) is 9.36 Å². The van der Waals surface area contributed by atoms with E-state index in [0.29, 0.717) is 44.4 Å². The normalized spacial score (nSPS) is 14.4. The SMILES string of the molecule is C#CCOc1ccc(/C=c2\sc3n(c2=O)[C@@H](c2ccc(OCC(=O)OC)c(OCC)c2)C(C(=O)OCC)=C(C)N=3)cc1. The first-order valence-electron chi connectivity index (χ1n) is 13.1. The van der Waals surface area contributed by atoms with Crippen molar-refractivity contribution in [2.75, 3.05) is 33.5 Å². The maximum Gasteiger partial charge on any atom is 0.343 e. The van der Waals surface area contributed by atoms with Gasteiger partial charge in [0.15, 0.2) is 22.9 Å². The number of hydrogen-bond acceptors (Lipinski definition) is 10. The minimum Gasteiger partial charge on any atom is -0.490 e. The highest BCUT2D eigenvalue weighted by atomic mass is 32.1. The van der Waals surface area contributed by atoms with Crippen molar-refractivity contribution in [3.8, 4) is 29.6 Å². The molecule has 3 aromatic rings. The fraction of sp³-hybridized carbons (Fsp3) is 0.290. The van der Waals surface area contributed by atoms with Crippen molar-refractivity contribution in [2.24, 2.45) is 4.99 Å². The van der Waals surface area contributed by atoms with Gasteiger partial charge in [-0.2, -0.15) is 0 Å². The third kappa shape index (κ3) is 6.56. The number of terminal acetylenes is 1. The topological polar surface area (TPSA) is 115 Å². The number of nitrogens with zero attached hydrogens (tertiary/aromatic N) is 2. The second kappa shape index (κ2) is 13.7. The zero-order chi connectivity index (χ0) is 30.2. The van der Waals surface area contributed by atoms with Crippen molar-refractivity contribution in [2.45, 2.75) is 26.8 Å². The van der Waals surface area contributed by atoms with Crippen LogP contribution in [-0.2, 0) is 19.1 Å². The van der Waals surface area contributed by atoms with Crippen molar-refractivity contribution in [3.63, 3.8) is 0 Å². The highest BCUT2D eigenvalue weighted by Crippen LogP contribution is 2.36. The maximum atomic E-state index is 13.9. The summed E-state index contributed by atoms with van der Waals surface area (Å²) < 4.78 is 28.8. The highest BCUT2D eigenvalue weighted by molar-refractivity contribution is 7.07. The quantitative estimate of drug-likeness (QED) is 0.248. The smallest absolute Gasteiger partial charge is 0.343 e. The van der Waals surface area contributed by atoms with Crippen LogP contribution in [0.25, 0.3) is 6.08 Å². The number of carbonyl (C=O) groups is 2. The Morgan fingerprint density at radius 3 is 2.50 bits per heavy atom. The summed E-state index contributed by atoms with van der Waals surface area (Å²) in [5, 5.41) is 0. The third-order valence-corrected chi connectivity index (χ3v) is 7.16. The van der Waals surface area contributed by atoms with Crippen molar-refractivity contribution in [1.29, 1.82) is 0 Å². The van der Waals surface area contributed by atoms with Gasteiger partial charge in [0, 0.05) is 0 Å². The van der Waals surface area contributed by atoms with Gasteiger partial charge < -0.3 is 23.7 Å². The molecule has 1 aliphatic rings. The number of methoxy groups -OCH3 is 1. The number of fused-ring (bicyclic) bond motifs is 1. The van der Waals surface area contributed by atoms with E-state index in [1.807, 2.05) is 19.1 Å². The minimum absolute atomic E-state index is 0.151. The first-order valence-corrected chi connectivity index (χ1v) is 13.9. The number of carbonyl (C=O) groups excluding carboxylic acids is 2. The second-order valence-corrected chi connectivity index (χ2v) is 9.88. The molecule has 10 nitrogen and oxygen atoms in total. The molecule has 1 aliphatic heterocycles. The van der Waals surface area contributed by atoms with Gasteiger partial charge in [0.2, 0.25) is 0 Å². The Morgan fingerprint density at radius 1 is 1.07 bits per heavy atom. The number of allylic oxidation sites excluding steroid dienone is 1. The number of thiazole rings is 1. The Morgan fingerprint density at radius 2 is 1.83 bits per heavy atom. The van der Waals surface area contributed by atoms with E-state index in [4.69, 9.17) is 25.4 Å². The van der Waals surface area contributed by atoms with Crippen molar-refractivity contribution < 1.29 is 33.3 Å². The molecule has 0 saturated carbocycles. The summed E-state index contributed by atoms with van der Waals surface area (Å²) in [5.74, 6) is 2.56. The lowest BCUT2D eigenvalue weighted by molar-refractivity contribution is -0.143. The van der Waals surface area contributed by atoms with E-state index >= 15 is 0 Å². The summed E-state index contributed by atoms with van der Waals surface area (Å²) in [6.45, 7) is 5.54. The average Bonchev–Trinajstić information content (AvgIpc) is 3.29. The molecule has 0 unspecified atom stereocenters. The van der Waals surface area contributed by atoms with Crippen LogP contribution in [0.4, 0.5) is 0 Å². The monoisotopic (exact) mass is 590 g/mol. The number of rotatable bonds is 11. The highest BCUT2D eigenvalue weighted by Gasteiger charge is 2.34. The lowest BCUT2D eigenvalue weighted by atomic mass is 9.95. The zero-order valence-electron chi connectivity index (χ0n) is 23.7. The number of hydrogen-bond donors (Lipinski definition) is 0. The van der Waals surface area contributed by atoms with E-state index in [9.17, 15) is 14.4 Å². The summed E-state index contributed by atoms with van der Waals surface area (Å²) in [6, 6.07) is 11.3. The van der Waals surface area contributed by atoms with Crippen LogP contribution in [0, 0.1) is 12.3 Å². The lowest BCUT2D eigenvalue weighted by Gasteiger charge is -2.25. The molecule has 218 valence electrons. The Bertz CT molecular complexity index is 1730. The molecule has 42 heavy (non-hydrogen) atoms. The predicted molar refractivity (Wildman–Crippen MR) is 156 cm³/mol. The van der Waals surface area contributed by atoms with E-state index in [-0.39, 0.29) is 31.0 Å². The van der Waals surface area contributed by atoms with Gasteiger partial charge in [0.1, 0.15) is 12.4 Å². The molecule has 0 saturated heterocycles. The van der Waals surface area contributed by atoms with E-state index in [0.717, 1.165) is 5.56 Å². The van der Waals surface area contributed by atoms with E-state index in [2.05, 4.69) is 15.6 Å². The van der Waals surface area contributed by atoms with Crippen LogP contribution in [0.3, 0.4) is 0 Å². The summed E-state index contributed by atoms with van der Waals surface area (Å²) in [5.41, 5.74) is 1.69. The fourth-order valence-electron chi connectivity index (χ4n) is 4.32. The third-order valence-electron chi connectivity index (χ3n) is 6.17. The van der Waals surface area contributed by atoms with Crippen molar-refractivity contribution in [1.82, 2.24) is 4.57 Å². The number of benzene rings is 2. The summed E-state index contributed by atoms with van der Waals surface area (Å²) in [4.78, 5) is 43.8. The average molecular weight is 591 g/mol. The zero-order valence-corrected chi connectivity index (χ0v) is 24.5. The molecule has 0 bridgehead atoms.